The summed E-state index contributed by atoms with van der Waals surface area (Å²) in [6.45, 7) is 6.52. The highest BCUT2D eigenvalue weighted by molar-refractivity contribution is 5.92. The van der Waals surface area contributed by atoms with Crippen LogP contribution < -0.4 is 0 Å². The van der Waals surface area contributed by atoms with Crippen molar-refractivity contribution in [3.63, 3.8) is 0 Å². The molecular weight excluding hydrogens is 366 g/mol. The number of pyridine rings is 1. The van der Waals surface area contributed by atoms with Gasteiger partial charge in [-0.15, -0.1) is 0 Å². The third-order valence-electron chi connectivity index (χ3n) is 5.44. The van der Waals surface area contributed by atoms with E-state index in [0.717, 1.165) is 5.56 Å². The molecule has 1 fully saturated rings. The van der Waals surface area contributed by atoms with Gasteiger partial charge in [-0.1, -0.05) is 50.2 Å². The molecule has 1 aromatic heterocycles. The van der Waals surface area contributed by atoms with E-state index in [1.165, 1.54) is 6.92 Å². The third-order valence-corrected chi connectivity index (χ3v) is 5.44. The lowest BCUT2D eigenvalue weighted by Gasteiger charge is -2.55. The van der Waals surface area contributed by atoms with Crippen LogP contribution in [0, 0.1) is 5.92 Å². The van der Waals surface area contributed by atoms with Gasteiger partial charge in [0.2, 0.25) is 5.91 Å². The number of aliphatic hydroxyl groups excluding tert-OH is 1. The number of hydrogen-bond acceptors (Lipinski definition) is 4. The van der Waals surface area contributed by atoms with Crippen molar-refractivity contribution in [2.45, 2.75) is 38.8 Å². The number of hydrogen-bond donors (Lipinski definition) is 1. The van der Waals surface area contributed by atoms with E-state index >= 15 is 0 Å². The number of nitrogens with zero attached hydrogens (tertiary/aromatic N) is 3. The summed E-state index contributed by atoms with van der Waals surface area (Å²) in [7, 11) is 0. The van der Waals surface area contributed by atoms with E-state index in [1.54, 1.807) is 34.2 Å². The molecule has 6 nitrogen and oxygen atoms in total. The predicted octanol–water partition coefficient (Wildman–Crippen LogP) is 2.56. The van der Waals surface area contributed by atoms with E-state index in [2.05, 4.69) is 18.8 Å². The number of benzene rings is 1. The van der Waals surface area contributed by atoms with Crippen molar-refractivity contribution in [2.75, 3.05) is 19.7 Å². The van der Waals surface area contributed by atoms with Crippen molar-refractivity contribution >= 4 is 11.8 Å². The second-order valence-electron chi connectivity index (χ2n) is 8.00. The Hall–Kier alpha value is -2.73. The second-order valence-corrected chi connectivity index (χ2v) is 8.00. The second kappa shape index (κ2) is 9.18. The van der Waals surface area contributed by atoms with Crippen LogP contribution in [-0.2, 0) is 4.79 Å². The lowest BCUT2D eigenvalue weighted by Crippen LogP contribution is -2.68. The summed E-state index contributed by atoms with van der Waals surface area (Å²) < 4.78 is 0. The van der Waals surface area contributed by atoms with Gasteiger partial charge in [-0.2, -0.15) is 0 Å². The van der Waals surface area contributed by atoms with Gasteiger partial charge in [0, 0.05) is 32.1 Å². The molecule has 1 aliphatic heterocycles. The highest BCUT2D eigenvalue weighted by atomic mass is 16.3. The van der Waals surface area contributed by atoms with Crippen molar-refractivity contribution in [1.29, 1.82) is 0 Å². The van der Waals surface area contributed by atoms with E-state index in [1.807, 2.05) is 30.3 Å². The average molecular weight is 396 g/mol. The summed E-state index contributed by atoms with van der Waals surface area (Å²) in [5.41, 5.74) is 1.47. The Kier molecular flexibility index (Phi) is 6.64. The molecule has 1 saturated heterocycles. The van der Waals surface area contributed by atoms with Gasteiger partial charge in [0.15, 0.2) is 0 Å². The van der Waals surface area contributed by atoms with Gasteiger partial charge >= 0.3 is 0 Å². The van der Waals surface area contributed by atoms with Crippen molar-refractivity contribution < 1.29 is 14.7 Å². The smallest absolute Gasteiger partial charge is 0.272 e. The Bertz CT molecular complexity index is 826. The molecule has 0 saturated carbocycles. The van der Waals surface area contributed by atoms with Gasteiger partial charge in [-0.25, -0.2) is 0 Å². The standard InChI is InChI=1S/C23H29N3O3/c1-16(2)13-25(23(29)19-11-7-8-12-24-19)14-20-22(18-9-5-4-6-10-18)21(15-27)26(20)17(3)28/h4-12,16,20-22,27H,13-15H2,1-3H3/t20-,21-,22-/m1/s1. The van der Waals surface area contributed by atoms with Crippen molar-refractivity contribution in [3.8, 4) is 0 Å². The van der Waals surface area contributed by atoms with Crippen molar-refractivity contribution in [2.24, 2.45) is 5.92 Å². The molecule has 2 amide bonds. The maximum absolute atomic E-state index is 13.1. The van der Waals surface area contributed by atoms with Crippen LogP contribution in [0.4, 0.5) is 0 Å². The van der Waals surface area contributed by atoms with E-state index in [9.17, 15) is 14.7 Å². The third kappa shape index (κ3) is 4.48. The zero-order valence-electron chi connectivity index (χ0n) is 17.2. The van der Waals surface area contributed by atoms with Gasteiger partial charge in [-0.3, -0.25) is 14.6 Å². The van der Waals surface area contributed by atoms with Crippen LogP contribution in [-0.4, -0.2) is 63.5 Å². The molecule has 6 heteroatoms. The van der Waals surface area contributed by atoms with E-state index in [0.29, 0.717) is 18.8 Å². The van der Waals surface area contributed by atoms with Gasteiger partial charge in [0.05, 0.1) is 18.7 Å². The number of rotatable bonds is 7. The Labute approximate surface area is 172 Å². The zero-order chi connectivity index (χ0) is 21.0. The molecule has 154 valence electrons. The molecule has 2 aromatic rings. The van der Waals surface area contributed by atoms with Gasteiger partial charge in [-0.05, 0) is 23.6 Å². The summed E-state index contributed by atoms with van der Waals surface area (Å²) in [6.07, 6.45) is 1.61. The number of aromatic nitrogens is 1. The van der Waals surface area contributed by atoms with E-state index < -0.39 is 0 Å². The van der Waals surface area contributed by atoms with Crippen LogP contribution in [0.25, 0.3) is 0 Å². The first-order valence-corrected chi connectivity index (χ1v) is 10.1. The van der Waals surface area contributed by atoms with Crippen LogP contribution in [0.3, 0.4) is 0 Å². The molecule has 1 N–H and O–H groups in total. The Morgan fingerprint density at radius 2 is 1.79 bits per heavy atom. The average Bonchev–Trinajstić information content (AvgIpc) is 2.70. The fourth-order valence-corrected chi connectivity index (χ4v) is 4.29. The Morgan fingerprint density at radius 3 is 2.34 bits per heavy atom. The normalized spacial score (nSPS) is 21.0. The maximum atomic E-state index is 13.1. The highest BCUT2D eigenvalue weighted by Gasteiger charge is 2.50. The molecule has 1 aliphatic rings. The molecule has 3 rings (SSSR count). The predicted molar refractivity (Wildman–Crippen MR) is 111 cm³/mol. The summed E-state index contributed by atoms with van der Waals surface area (Å²) in [5, 5.41) is 9.94. The van der Waals surface area contributed by atoms with Crippen LogP contribution in [0.2, 0.25) is 0 Å². The maximum Gasteiger partial charge on any atom is 0.272 e. The fourth-order valence-electron chi connectivity index (χ4n) is 4.29. The van der Waals surface area contributed by atoms with Gasteiger partial charge in [0.25, 0.3) is 5.91 Å². The minimum atomic E-state index is -0.272. The van der Waals surface area contributed by atoms with Crippen LogP contribution in [0.1, 0.15) is 42.7 Å². The molecule has 0 aliphatic carbocycles. The lowest BCUT2D eigenvalue weighted by molar-refractivity contribution is -0.149. The summed E-state index contributed by atoms with van der Waals surface area (Å²) in [5.74, 6) is 0.0340. The number of carbonyl (C=O) groups excluding carboxylic acids is 2. The summed E-state index contributed by atoms with van der Waals surface area (Å²) in [4.78, 5) is 33.2. The molecule has 3 atom stereocenters. The zero-order valence-corrected chi connectivity index (χ0v) is 17.2. The van der Waals surface area contributed by atoms with Gasteiger partial charge < -0.3 is 14.9 Å². The summed E-state index contributed by atoms with van der Waals surface area (Å²) in [6, 6.07) is 14.7. The number of aliphatic hydroxyl groups is 1. The monoisotopic (exact) mass is 395 g/mol. The molecule has 29 heavy (non-hydrogen) atoms. The minimum Gasteiger partial charge on any atom is -0.394 e. The largest absolute Gasteiger partial charge is 0.394 e. The van der Waals surface area contributed by atoms with Crippen molar-refractivity contribution in [1.82, 2.24) is 14.8 Å². The molecule has 0 radical (unpaired) electrons. The Morgan fingerprint density at radius 1 is 1.10 bits per heavy atom. The molecular formula is C23H29N3O3. The quantitative estimate of drug-likeness (QED) is 0.782. The first-order valence-electron chi connectivity index (χ1n) is 10.1. The highest BCUT2D eigenvalue weighted by Crippen LogP contribution is 2.41. The summed E-state index contributed by atoms with van der Waals surface area (Å²) >= 11 is 0. The first-order chi connectivity index (χ1) is 13.9. The first kappa shape index (κ1) is 21.0. The SMILES string of the molecule is CC(=O)N1[C@H](CO)[C@H](c2ccccc2)[C@H]1CN(CC(C)C)C(=O)c1ccccn1. The molecule has 2 heterocycles. The van der Waals surface area contributed by atoms with Gasteiger partial charge in [0.1, 0.15) is 5.69 Å². The number of amides is 2. The topological polar surface area (TPSA) is 73.7 Å². The lowest BCUT2D eigenvalue weighted by atomic mass is 9.74. The molecule has 1 aromatic carbocycles. The molecule has 0 spiro atoms. The minimum absolute atomic E-state index is 0.0173. The van der Waals surface area contributed by atoms with Crippen LogP contribution >= 0.6 is 0 Å². The van der Waals surface area contributed by atoms with Crippen LogP contribution in [0.15, 0.2) is 54.7 Å². The number of likely N-dealkylation sites (tertiary alicyclic amines) is 1. The Balaban J connectivity index is 1.90. The molecule has 0 unspecified atom stereocenters. The van der Waals surface area contributed by atoms with Crippen LogP contribution in [0.5, 0.6) is 0 Å². The van der Waals surface area contributed by atoms with E-state index in [4.69, 9.17) is 0 Å². The van der Waals surface area contributed by atoms with E-state index in [-0.39, 0.29) is 42.3 Å². The fraction of sp³-hybridized carbons (Fsp3) is 0.435. The van der Waals surface area contributed by atoms with Crippen molar-refractivity contribution in [3.05, 3.63) is 66.0 Å². The molecule has 0 bridgehead atoms. The number of carbonyl (C=O) groups is 2.